The van der Waals surface area contributed by atoms with Crippen molar-refractivity contribution in [3.8, 4) is 0 Å². The van der Waals surface area contributed by atoms with E-state index in [2.05, 4.69) is 10.6 Å². The lowest BCUT2D eigenvalue weighted by molar-refractivity contribution is -0.144. The molecule has 3 atom stereocenters. The van der Waals surface area contributed by atoms with Crippen LogP contribution in [0.25, 0.3) is 0 Å². The van der Waals surface area contributed by atoms with Gasteiger partial charge in [-0.3, -0.25) is 14.4 Å². The van der Waals surface area contributed by atoms with Gasteiger partial charge in [0.2, 0.25) is 11.8 Å². The summed E-state index contributed by atoms with van der Waals surface area (Å²) < 4.78 is 10.2. The molecule has 0 heterocycles. The molecule has 0 aliphatic heterocycles. The Balaban J connectivity index is 2.28. The van der Waals surface area contributed by atoms with Crippen molar-refractivity contribution in [1.29, 1.82) is 0 Å². The number of esters is 1. The number of alkyl carbamates (subject to hydrolysis) is 1. The first kappa shape index (κ1) is 28.1. The number of hydrogen-bond donors (Lipinski definition) is 2. The van der Waals surface area contributed by atoms with Gasteiger partial charge < -0.3 is 25.0 Å². The van der Waals surface area contributed by atoms with Gasteiger partial charge in [-0.05, 0) is 59.4 Å². The Kier molecular flexibility index (Phi) is 9.68. The van der Waals surface area contributed by atoms with Crippen LogP contribution in [0.15, 0.2) is 18.2 Å². The van der Waals surface area contributed by atoms with Gasteiger partial charge in [0.1, 0.15) is 18.2 Å². The molecule has 1 fully saturated rings. The minimum atomic E-state index is -0.904. The molecule has 3 amide bonds. The molecule has 9 nitrogen and oxygen atoms in total. The maximum atomic E-state index is 13.4. The predicted molar refractivity (Wildman–Crippen MR) is 132 cm³/mol. The lowest BCUT2D eigenvalue weighted by Crippen LogP contribution is -2.49. The van der Waals surface area contributed by atoms with E-state index in [1.807, 2.05) is 39.0 Å². The molecule has 0 saturated heterocycles. The number of rotatable bonds is 10. The summed E-state index contributed by atoms with van der Waals surface area (Å²) >= 11 is 0. The quantitative estimate of drug-likeness (QED) is 0.488. The number of amides is 3. The normalized spacial score (nSPS) is 17.7. The average molecular weight is 490 g/mol. The van der Waals surface area contributed by atoms with Gasteiger partial charge >= 0.3 is 12.1 Å². The fourth-order valence-electron chi connectivity index (χ4n) is 3.99. The Labute approximate surface area is 207 Å². The number of nitrogens with zero attached hydrogens (tertiary/aromatic N) is 1. The molecule has 194 valence electrons. The largest absolute Gasteiger partial charge is 0.466 e. The van der Waals surface area contributed by atoms with Crippen molar-refractivity contribution in [3.05, 3.63) is 34.9 Å². The van der Waals surface area contributed by atoms with Crippen LogP contribution in [0.5, 0.6) is 0 Å². The van der Waals surface area contributed by atoms with Crippen molar-refractivity contribution in [3.63, 3.8) is 0 Å². The Morgan fingerprint density at radius 1 is 1.09 bits per heavy atom. The fraction of sp³-hybridized carbons (Fsp3) is 0.615. The Hall–Kier alpha value is -3.10. The summed E-state index contributed by atoms with van der Waals surface area (Å²) in [6, 6.07) is 4.73. The molecule has 0 radical (unpaired) electrons. The van der Waals surface area contributed by atoms with E-state index in [4.69, 9.17) is 9.47 Å². The van der Waals surface area contributed by atoms with Crippen LogP contribution >= 0.6 is 0 Å². The second-order valence-electron chi connectivity index (χ2n) is 10.1. The smallest absolute Gasteiger partial charge is 0.408 e. The summed E-state index contributed by atoms with van der Waals surface area (Å²) in [6.07, 6.45) is 0.0966. The number of hydrogen-bond acceptors (Lipinski definition) is 6. The lowest BCUT2D eigenvalue weighted by Gasteiger charge is -2.32. The zero-order valence-corrected chi connectivity index (χ0v) is 21.9. The second kappa shape index (κ2) is 12.0. The summed E-state index contributed by atoms with van der Waals surface area (Å²) in [5.41, 5.74) is 1.92. The number of carbonyl (C=O) groups is 4. The van der Waals surface area contributed by atoms with E-state index >= 15 is 0 Å². The van der Waals surface area contributed by atoms with Crippen molar-refractivity contribution in [2.24, 2.45) is 5.92 Å². The molecule has 1 saturated carbocycles. The maximum Gasteiger partial charge on any atom is 0.408 e. The lowest BCUT2D eigenvalue weighted by atomic mass is 9.98. The molecule has 1 aliphatic carbocycles. The number of nitrogens with one attached hydrogen (secondary N) is 2. The third kappa shape index (κ3) is 8.88. The average Bonchev–Trinajstić information content (AvgIpc) is 3.43. The van der Waals surface area contributed by atoms with Gasteiger partial charge in [-0.2, -0.15) is 0 Å². The molecule has 0 bridgehead atoms. The molecule has 0 aromatic heterocycles. The van der Waals surface area contributed by atoms with Crippen molar-refractivity contribution in [2.75, 3.05) is 19.7 Å². The van der Waals surface area contributed by atoms with E-state index in [9.17, 15) is 19.2 Å². The van der Waals surface area contributed by atoms with Gasteiger partial charge in [0, 0.05) is 12.6 Å². The first-order valence-electron chi connectivity index (χ1n) is 12.1. The molecule has 9 heteroatoms. The highest BCUT2D eigenvalue weighted by Crippen LogP contribution is 2.40. The standard InChI is InChI=1S/C26H39N3O6/c1-8-34-22(31)9-10-27-24(32)23(19-12-16(2)11-17(3)13-19)29(20-14-18(20)4)21(30)15-28-25(33)35-26(5,6)7/h11-13,18,20,23H,8-10,14-15H2,1-7H3,(H,27,32)(H,28,33). The van der Waals surface area contributed by atoms with Crippen LogP contribution in [0.1, 0.15) is 70.2 Å². The van der Waals surface area contributed by atoms with Gasteiger partial charge in [-0.25, -0.2) is 4.79 Å². The highest BCUT2D eigenvalue weighted by atomic mass is 16.6. The maximum absolute atomic E-state index is 13.4. The third-order valence-electron chi connectivity index (χ3n) is 5.52. The van der Waals surface area contributed by atoms with E-state index in [1.165, 1.54) is 0 Å². The van der Waals surface area contributed by atoms with Gasteiger partial charge in [0.15, 0.2) is 0 Å². The van der Waals surface area contributed by atoms with E-state index in [0.29, 0.717) is 5.56 Å². The van der Waals surface area contributed by atoms with Gasteiger partial charge in [-0.1, -0.05) is 36.2 Å². The Morgan fingerprint density at radius 2 is 1.69 bits per heavy atom. The molecule has 1 aliphatic rings. The molecular formula is C26H39N3O6. The predicted octanol–water partition coefficient (Wildman–Crippen LogP) is 3.18. The number of aryl methyl sites for hydroxylation is 2. The monoisotopic (exact) mass is 489 g/mol. The SMILES string of the molecule is CCOC(=O)CCNC(=O)C(c1cc(C)cc(C)c1)N(C(=O)CNC(=O)OC(C)(C)C)C1CC1C. The van der Waals surface area contributed by atoms with E-state index in [1.54, 1.807) is 32.6 Å². The molecule has 3 unspecified atom stereocenters. The molecule has 2 rings (SSSR count). The topological polar surface area (TPSA) is 114 Å². The zero-order chi connectivity index (χ0) is 26.3. The van der Waals surface area contributed by atoms with Gasteiger partial charge in [0.05, 0.1) is 13.0 Å². The Morgan fingerprint density at radius 3 is 2.20 bits per heavy atom. The van der Waals surface area contributed by atoms with E-state index < -0.39 is 23.7 Å². The van der Waals surface area contributed by atoms with Gasteiger partial charge in [0.25, 0.3) is 0 Å². The van der Waals surface area contributed by atoms with Crippen LogP contribution in [-0.4, -0.2) is 60.1 Å². The second-order valence-corrected chi connectivity index (χ2v) is 10.1. The summed E-state index contributed by atoms with van der Waals surface area (Å²) in [7, 11) is 0. The molecule has 1 aromatic carbocycles. The number of carbonyl (C=O) groups excluding carboxylic acids is 4. The van der Waals surface area contributed by atoms with Crippen LogP contribution in [0.3, 0.4) is 0 Å². The van der Waals surface area contributed by atoms with Crippen molar-refractivity contribution in [2.45, 2.75) is 79.0 Å². The number of ether oxygens (including phenoxy) is 2. The molecule has 35 heavy (non-hydrogen) atoms. The van der Waals surface area contributed by atoms with Crippen LogP contribution in [0.4, 0.5) is 4.79 Å². The van der Waals surface area contributed by atoms with Crippen LogP contribution in [-0.2, 0) is 23.9 Å². The van der Waals surface area contributed by atoms with Crippen molar-refractivity contribution < 1.29 is 28.7 Å². The minimum Gasteiger partial charge on any atom is -0.466 e. The first-order chi connectivity index (χ1) is 16.3. The summed E-state index contributed by atoms with van der Waals surface area (Å²) in [5, 5.41) is 5.30. The summed E-state index contributed by atoms with van der Waals surface area (Å²) in [6.45, 7) is 12.9. The van der Waals surface area contributed by atoms with Crippen molar-refractivity contribution >= 4 is 23.9 Å². The molecule has 1 aromatic rings. The van der Waals surface area contributed by atoms with Crippen LogP contribution in [0, 0.1) is 19.8 Å². The van der Waals surface area contributed by atoms with E-state index in [-0.39, 0.29) is 49.9 Å². The van der Waals surface area contributed by atoms with Crippen LogP contribution < -0.4 is 10.6 Å². The highest BCUT2D eigenvalue weighted by Gasteiger charge is 2.46. The van der Waals surface area contributed by atoms with Crippen LogP contribution in [0.2, 0.25) is 0 Å². The molecular weight excluding hydrogens is 450 g/mol. The van der Waals surface area contributed by atoms with Crippen molar-refractivity contribution in [1.82, 2.24) is 15.5 Å². The fourth-order valence-corrected chi connectivity index (χ4v) is 3.99. The minimum absolute atomic E-state index is 0.0348. The van der Waals surface area contributed by atoms with E-state index in [0.717, 1.165) is 17.5 Å². The third-order valence-corrected chi connectivity index (χ3v) is 5.52. The Bertz CT molecular complexity index is 919. The summed E-state index contributed by atoms with van der Waals surface area (Å²) in [5.74, 6) is -0.943. The molecule has 2 N–H and O–H groups in total. The molecule has 0 spiro atoms. The first-order valence-corrected chi connectivity index (χ1v) is 12.1. The zero-order valence-electron chi connectivity index (χ0n) is 21.9. The van der Waals surface area contributed by atoms with Gasteiger partial charge in [-0.15, -0.1) is 0 Å². The highest BCUT2D eigenvalue weighted by molar-refractivity contribution is 5.91. The summed E-state index contributed by atoms with van der Waals surface area (Å²) in [4.78, 5) is 52.3. The number of benzene rings is 1.